The van der Waals surface area contributed by atoms with Crippen LogP contribution in [0.3, 0.4) is 0 Å². The highest BCUT2D eigenvalue weighted by atomic mass is 32.1. The van der Waals surface area contributed by atoms with E-state index in [1.165, 1.54) is 96.7 Å². The minimum absolute atomic E-state index is 1.14. The molecule has 0 aliphatic rings. The summed E-state index contributed by atoms with van der Waals surface area (Å²) in [5, 5.41) is 10.1. The number of hydrogen-bond donors (Lipinski definition) is 0. The van der Waals surface area contributed by atoms with E-state index in [1.54, 1.807) is 0 Å². The van der Waals surface area contributed by atoms with Crippen molar-refractivity contribution in [2.75, 3.05) is 0 Å². The quantitative estimate of drug-likeness (QED) is 0.170. The molecule has 0 atom stereocenters. The fourth-order valence-corrected chi connectivity index (χ4v) is 11.0. The summed E-state index contributed by atoms with van der Waals surface area (Å²) >= 11 is 1.88. The normalized spacial score (nSPS) is 12.1. The molecule has 0 N–H and O–H groups in total. The van der Waals surface area contributed by atoms with Crippen LogP contribution in [-0.4, -0.2) is 13.7 Å². The molecule has 4 aromatic heterocycles. The Hall–Kier alpha value is -7.40. The third kappa shape index (κ3) is 4.43. The van der Waals surface area contributed by atoms with Gasteiger partial charge in [-0.2, -0.15) is 0 Å². The van der Waals surface area contributed by atoms with Gasteiger partial charge in [-0.05, 0) is 90.0 Å². The molecule has 58 heavy (non-hydrogen) atoms. The van der Waals surface area contributed by atoms with E-state index in [-0.39, 0.29) is 0 Å². The van der Waals surface area contributed by atoms with Gasteiger partial charge in [0.05, 0.1) is 33.1 Å². The second-order valence-electron chi connectivity index (χ2n) is 15.3. The minimum atomic E-state index is 1.14. The van der Waals surface area contributed by atoms with Gasteiger partial charge in [0.25, 0.3) is 0 Å². The molecule has 270 valence electrons. The van der Waals surface area contributed by atoms with Crippen LogP contribution in [0.4, 0.5) is 0 Å². The van der Waals surface area contributed by atoms with Gasteiger partial charge in [-0.15, -0.1) is 11.3 Å². The molecule has 0 fully saturated rings. The lowest BCUT2D eigenvalue weighted by atomic mass is 10.0. The number of rotatable bonds is 4. The smallest absolute Gasteiger partial charge is 0.0542 e. The predicted octanol–water partition coefficient (Wildman–Crippen LogP) is 15.0. The fraction of sp³-hybridized carbons (Fsp3) is 0. The molecule has 0 saturated carbocycles. The molecule has 9 aromatic carbocycles. The van der Waals surface area contributed by atoms with Gasteiger partial charge in [-0.25, -0.2) is 0 Å². The highest BCUT2D eigenvalue weighted by Crippen LogP contribution is 2.42. The molecule has 13 aromatic rings. The van der Waals surface area contributed by atoms with Crippen molar-refractivity contribution in [2.24, 2.45) is 0 Å². The topological polar surface area (TPSA) is 14.8 Å². The lowest BCUT2D eigenvalue weighted by Gasteiger charge is -2.12. The standard InChI is InChI=1S/C54H33N3S/c1-6-22-47-39(15-1)40-16-2-7-23-48(40)56(47)36-27-29-51-45(32-36)46-33-37(57-49-24-8-3-17-41(49)42-18-4-9-25-50(42)57)28-30-52(46)55(51)35-14-11-13-34(31-35)38-20-12-21-44-43-19-5-10-26-53(43)58-54(38)44/h1-33H. The Morgan fingerprint density at radius 2 is 0.690 bits per heavy atom. The van der Waals surface area contributed by atoms with Gasteiger partial charge >= 0.3 is 0 Å². The summed E-state index contributed by atoms with van der Waals surface area (Å²) in [4.78, 5) is 0. The van der Waals surface area contributed by atoms with Crippen molar-refractivity contribution in [3.8, 4) is 28.2 Å². The van der Waals surface area contributed by atoms with E-state index in [2.05, 4.69) is 214 Å². The fourth-order valence-electron chi connectivity index (χ4n) is 9.74. The molecule has 3 nitrogen and oxygen atoms in total. The predicted molar refractivity (Wildman–Crippen MR) is 248 cm³/mol. The zero-order valence-electron chi connectivity index (χ0n) is 31.3. The van der Waals surface area contributed by atoms with Crippen LogP contribution in [0.1, 0.15) is 0 Å². The van der Waals surface area contributed by atoms with Crippen molar-refractivity contribution in [1.29, 1.82) is 0 Å². The van der Waals surface area contributed by atoms with E-state index in [1.807, 2.05) is 11.3 Å². The Bertz CT molecular complexity index is 3540. The van der Waals surface area contributed by atoms with E-state index in [9.17, 15) is 0 Å². The summed E-state index contributed by atoms with van der Waals surface area (Å²) in [6.45, 7) is 0. The lowest BCUT2D eigenvalue weighted by Crippen LogP contribution is -1.96. The summed E-state index contributed by atoms with van der Waals surface area (Å²) in [5.74, 6) is 0. The molecule has 0 bridgehead atoms. The van der Waals surface area contributed by atoms with Gasteiger partial charge in [0.2, 0.25) is 0 Å². The average Bonchev–Trinajstić information content (AvgIpc) is 4.02. The maximum Gasteiger partial charge on any atom is 0.0542 e. The van der Waals surface area contributed by atoms with E-state index < -0.39 is 0 Å². The van der Waals surface area contributed by atoms with Crippen LogP contribution >= 0.6 is 11.3 Å². The largest absolute Gasteiger partial charge is 0.309 e. The third-order valence-electron chi connectivity index (χ3n) is 12.2. The van der Waals surface area contributed by atoms with Crippen molar-refractivity contribution < 1.29 is 0 Å². The molecule has 4 heterocycles. The van der Waals surface area contributed by atoms with Gasteiger partial charge in [-0.3, -0.25) is 0 Å². The highest BCUT2D eigenvalue weighted by molar-refractivity contribution is 7.26. The van der Waals surface area contributed by atoms with E-state index in [0.717, 1.165) is 17.1 Å². The van der Waals surface area contributed by atoms with Crippen LogP contribution in [-0.2, 0) is 0 Å². The molecule has 0 spiro atoms. The van der Waals surface area contributed by atoms with Crippen LogP contribution < -0.4 is 0 Å². The average molecular weight is 756 g/mol. The van der Waals surface area contributed by atoms with Crippen LogP contribution in [0.15, 0.2) is 200 Å². The SMILES string of the molecule is c1cc(-c2cccc3c2sc2ccccc23)cc(-n2c3ccc(-n4c5ccccc5c5ccccc54)cc3c3cc(-n4c5ccccc5c5ccccc54)ccc32)c1. The Labute approximate surface area is 337 Å². The van der Waals surface area contributed by atoms with Crippen LogP contribution in [0.25, 0.3) is 114 Å². The van der Waals surface area contributed by atoms with Gasteiger partial charge < -0.3 is 13.7 Å². The molecule has 0 amide bonds. The Balaban J connectivity index is 1.09. The number of benzene rings is 9. The van der Waals surface area contributed by atoms with Gasteiger partial charge in [-0.1, -0.05) is 121 Å². The number of nitrogens with zero attached hydrogens (tertiary/aromatic N) is 3. The minimum Gasteiger partial charge on any atom is -0.309 e. The summed E-state index contributed by atoms with van der Waals surface area (Å²) in [6, 6.07) is 73.7. The number of thiophene rings is 1. The first kappa shape index (κ1) is 31.8. The molecular weight excluding hydrogens is 723 g/mol. The molecule has 4 heteroatoms. The monoisotopic (exact) mass is 755 g/mol. The molecule has 0 aliphatic carbocycles. The van der Waals surface area contributed by atoms with Gasteiger partial charge in [0, 0.05) is 69.6 Å². The molecule has 0 radical (unpaired) electrons. The Morgan fingerprint density at radius 1 is 0.276 bits per heavy atom. The number of hydrogen-bond acceptors (Lipinski definition) is 1. The lowest BCUT2D eigenvalue weighted by molar-refractivity contribution is 1.16. The number of para-hydroxylation sites is 4. The second kappa shape index (κ2) is 12.1. The van der Waals surface area contributed by atoms with Crippen molar-refractivity contribution in [3.05, 3.63) is 200 Å². The van der Waals surface area contributed by atoms with Crippen LogP contribution in [0.2, 0.25) is 0 Å². The second-order valence-corrected chi connectivity index (χ2v) is 16.4. The van der Waals surface area contributed by atoms with Crippen molar-refractivity contribution in [1.82, 2.24) is 13.7 Å². The maximum atomic E-state index is 2.46. The zero-order valence-corrected chi connectivity index (χ0v) is 32.1. The molecule has 0 aliphatic heterocycles. The van der Waals surface area contributed by atoms with Gasteiger partial charge in [0.1, 0.15) is 0 Å². The molecule has 0 saturated heterocycles. The maximum absolute atomic E-state index is 2.46. The van der Waals surface area contributed by atoms with Crippen molar-refractivity contribution in [3.63, 3.8) is 0 Å². The first-order chi connectivity index (χ1) is 28.8. The molecule has 13 rings (SSSR count). The number of fused-ring (bicyclic) bond motifs is 12. The van der Waals surface area contributed by atoms with Crippen molar-refractivity contribution in [2.45, 2.75) is 0 Å². The van der Waals surface area contributed by atoms with E-state index in [4.69, 9.17) is 0 Å². The zero-order chi connectivity index (χ0) is 37.9. The summed E-state index contributed by atoms with van der Waals surface area (Å²) in [6.07, 6.45) is 0. The molecule has 0 unspecified atom stereocenters. The Kier molecular flexibility index (Phi) is 6.60. The number of aromatic nitrogens is 3. The Morgan fingerprint density at radius 3 is 1.22 bits per heavy atom. The first-order valence-electron chi connectivity index (χ1n) is 19.8. The van der Waals surface area contributed by atoms with Crippen LogP contribution in [0.5, 0.6) is 0 Å². The summed E-state index contributed by atoms with van der Waals surface area (Å²) in [5.41, 5.74) is 13.1. The third-order valence-corrected chi connectivity index (χ3v) is 13.4. The first-order valence-corrected chi connectivity index (χ1v) is 20.7. The summed E-state index contributed by atoms with van der Waals surface area (Å²) < 4.78 is 9.97. The van der Waals surface area contributed by atoms with Crippen LogP contribution in [0, 0.1) is 0 Å². The molecular formula is C54H33N3S. The highest BCUT2D eigenvalue weighted by Gasteiger charge is 2.19. The van der Waals surface area contributed by atoms with Crippen molar-refractivity contribution >= 4 is 96.9 Å². The van der Waals surface area contributed by atoms with E-state index in [0.29, 0.717) is 0 Å². The summed E-state index contributed by atoms with van der Waals surface area (Å²) in [7, 11) is 0. The van der Waals surface area contributed by atoms with Gasteiger partial charge in [0.15, 0.2) is 0 Å². The van der Waals surface area contributed by atoms with E-state index >= 15 is 0 Å².